The quantitative estimate of drug-likeness (QED) is 0.754. The number of amides is 2. The Morgan fingerprint density at radius 3 is 2.32 bits per heavy atom. The highest BCUT2D eigenvalue weighted by Crippen LogP contribution is 2.42. The van der Waals surface area contributed by atoms with Crippen LogP contribution in [-0.2, 0) is 23.1 Å². The smallest absolute Gasteiger partial charge is 0.248 e. The summed E-state index contributed by atoms with van der Waals surface area (Å²) in [6, 6.07) is 16.1. The number of likely N-dealkylation sites (tertiary alicyclic amines) is 1. The Balaban J connectivity index is 1.43. The lowest BCUT2D eigenvalue weighted by Gasteiger charge is -2.45. The third-order valence-corrected chi connectivity index (χ3v) is 7.98. The monoisotopic (exact) mass is 419 g/mol. The number of piperidine rings is 1. The van der Waals surface area contributed by atoms with E-state index in [4.69, 9.17) is 11.5 Å². The van der Waals surface area contributed by atoms with E-state index in [0.29, 0.717) is 11.5 Å². The molecule has 164 valence electrons. The number of primary amides is 2. The van der Waals surface area contributed by atoms with Gasteiger partial charge in [-0.05, 0) is 78.9 Å². The minimum atomic E-state index is -0.469. The van der Waals surface area contributed by atoms with Crippen LogP contribution in [0.4, 0.5) is 0 Å². The fraction of sp³-hybridized carbons (Fsp3) is 0.462. The van der Waals surface area contributed by atoms with Gasteiger partial charge in [0.05, 0.1) is 5.41 Å². The average Bonchev–Trinajstić information content (AvgIpc) is 3.15. The molecular formula is C26H33N3O2. The number of hydrogen-bond acceptors (Lipinski definition) is 3. The molecular weight excluding hydrogens is 386 g/mol. The van der Waals surface area contributed by atoms with Crippen molar-refractivity contribution < 1.29 is 9.59 Å². The second kappa shape index (κ2) is 8.12. The number of carbonyl (C=O) groups excluding carboxylic acids is 2. The summed E-state index contributed by atoms with van der Waals surface area (Å²) in [6.45, 7) is 7.35. The van der Waals surface area contributed by atoms with Gasteiger partial charge in [0.1, 0.15) is 0 Å². The molecule has 0 radical (unpaired) electrons. The second-order valence-corrected chi connectivity index (χ2v) is 9.83. The van der Waals surface area contributed by atoms with Crippen LogP contribution in [0.5, 0.6) is 0 Å². The van der Waals surface area contributed by atoms with E-state index in [0.717, 1.165) is 45.3 Å². The van der Waals surface area contributed by atoms with E-state index in [-0.39, 0.29) is 17.2 Å². The number of benzene rings is 2. The number of fused-ring (bicyclic) bond motifs is 1. The molecule has 1 aliphatic heterocycles. The zero-order valence-electron chi connectivity index (χ0n) is 18.6. The van der Waals surface area contributed by atoms with Crippen LogP contribution in [0, 0.1) is 11.3 Å². The largest absolute Gasteiger partial charge is 0.369 e. The molecule has 1 saturated heterocycles. The minimum Gasteiger partial charge on any atom is -0.369 e. The molecule has 5 heteroatoms. The van der Waals surface area contributed by atoms with Gasteiger partial charge >= 0.3 is 0 Å². The summed E-state index contributed by atoms with van der Waals surface area (Å²) in [6.07, 6.45) is 3.29. The van der Waals surface area contributed by atoms with E-state index in [1.165, 1.54) is 16.7 Å². The van der Waals surface area contributed by atoms with Crippen molar-refractivity contribution in [2.24, 2.45) is 22.8 Å². The number of carbonyl (C=O) groups is 2. The summed E-state index contributed by atoms with van der Waals surface area (Å²) in [7, 11) is 0. The van der Waals surface area contributed by atoms with Crippen molar-refractivity contribution in [2.45, 2.75) is 44.9 Å². The van der Waals surface area contributed by atoms with Crippen molar-refractivity contribution in [2.75, 3.05) is 19.6 Å². The van der Waals surface area contributed by atoms with Crippen molar-refractivity contribution >= 4 is 11.8 Å². The van der Waals surface area contributed by atoms with Gasteiger partial charge in [0, 0.05) is 12.1 Å². The lowest BCUT2D eigenvalue weighted by molar-refractivity contribution is -0.128. The highest BCUT2D eigenvalue weighted by molar-refractivity contribution is 5.93. The topological polar surface area (TPSA) is 89.4 Å². The highest BCUT2D eigenvalue weighted by Gasteiger charge is 2.43. The standard InChI is InChI=1S/C26H33N3O2/c1-18-17-29(12-10-25(18,2)22-9-5-8-19(14-22)23(27)30)13-11-26(24(28)31)15-20-6-3-4-7-21(20)16-26/h3-9,14,18H,10-13,15-17H2,1-2H3,(H2,27,30)(H2,28,31)/t18-,25+/m1/s1. The van der Waals surface area contributed by atoms with E-state index in [1.54, 1.807) is 6.07 Å². The summed E-state index contributed by atoms with van der Waals surface area (Å²) < 4.78 is 0. The van der Waals surface area contributed by atoms with Crippen LogP contribution in [0.2, 0.25) is 0 Å². The molecule has 4 N–H and O–H groups in total. The molecule has 5 nitrogen and oxygen atoms in total. The highest BCUT2D eigenvalue weighted by atomic mass is 16.1. The molecule has 0 aromatic heterocycles. The summed E-state index contributed by atoms with van der Waals surface area (Å²) >= 11 is 0. The lowest BCUT2D eigenvalue weighted by atomic mass is 9.67. The predicted molar refractivity (Wildman–Crippen MR) is 123 cm³/mol. The van der Waals surface area contributed by atoms with Crippen LogP contribution in [0.25, 0.3) is 0 Å². The first-order valence-electron chi connectivity index (χ1n) is 11.2. The number of nitrogens with zero attached hydrogens (tertiary/aromatic N) is 1. The molecule has 0 unspecified atom stereocenters. The van der Waals surface area contributed by atoms with Gasteiger partial charge in [-0.3, -0.25) is 9.59 Å². The number of hydrogen-bond donors (Lipinski definition) is 2. The Kier molecular flexibility index (Phi) is 5.65. The molecule has 1 aliphatic carbocycles. The molecule has 1 fully saturated rings. The Labute approximate surface area is 184 Å². The maximum atomic E-state index is 12.5. The minimum absolute atomic E-state index is 0.00702. The van der Waals surface area contributed by atoms with Crippen molar-refractivity contribution in [3.05, 3.63) is 70.8 Å². The van der Waals surface area contributed by atoms with Gasteiger partial charge < -0.3 is 16.4 Å². The normalized spacial score (nSPS) is 25.2. The molecule has 2 aliphatic rings. The maximum absolute atomic E-state index is 12.5. The summed E-state index contributed by atoms with van der Waals surface area (Å²) in [4.78, 5) is 26.6. The van der Waals surface area contributed by atoms with Crippen molar-refractivity contribution in [1.29, 1.82) is 0 Å². The summed E-state index contributed by atoms with van der Waals surface area (Å²) in [5.41, 5.74) is 15.2. The molecule has 4 rings (SSSR count). The fourth-order valence-corrected chi connectivity index (χ4v) is 5.52. The zero-order chi connectivity index (χ0) is 22.2. The number of rotatable bonds is 6. The van der Waals surface area contributed by atoms with Gasteiger partial charge in [-0.15, -0.1) is 0 Å². The molecule has 2 atom stereocenters. The SMILES string of the molecule is C[C@@H]1CN(CCC2(C(N)=O)Cc3ccccc3C2)CC[C@]1(C)c1cccc(C(N)=O)c1. The van der Waals surface area contributed by atoms with Gasteiger partial charge in [-0.2, -0.15) is 0 Å². The molecule has 2 aromatic carbocycles. The molecule has 1 heterocycles. The average molecular weight is 420 g/mol. The predicted octanol–water partition coefficient (Wildman–Crippen LogP) is 3.05. The molecule has 31 heavy (non-hydrogen) atoms. The van der Waals surface area contributed by atoms with Crippen molar-refractivity contribution in [3.63, 3.8) is 0 Å². The summed E-state index contributed by atoms with van der Waals surface area (Å²) in [5, 5.41) is 0. The molecule has 0 saturated carbocycles. The molecule has 0 bridgehead atoms. The zero-order valence-corrected chi connectivity index (χ0v) is 18.6. The van der Waals surface area contributed by atoms with Crippen LogP contribution >= 0.6 is 0 Å². The second-order valence-electron chi connectivity index (χ2n) is 9.83. The van der Waals surface area contributed by atoms with Crippen LogP contribution in [-0.4, -0.2) is 36.3 Å². The van der Waals surface area contributed by atoms with E-state index >= 15 is 0 Å². The Morgan fingerprint density at radius 1 is 1.06 bits per heavy atom. The van der Waals surface area contributed by atoms with Crippen LogP contribution < -0.4 is 11.5 Å². The molecule has 2 amide bonds. The summed E-state index contributed by atoms with van der Waals surface area (Å²) in [5.74, 6) is -0.151. The third-order valence-electron chi connectivity index (χ3n) is 7.98. The van der Waals surface area contributed by atoms with Gasteiger partial charge in [0.25, 0.3) is 0 Å². The van der Waals surface area contributed by atoms with E-state index in [1.807, 2.05) is 24.3 Å². The van der Waals surface area contributed by atoms with Gasteiger partial charge in [0.15, 0.2) is 0 Å². The van der Waals surface area contributed by atoms with Crippen LogP contribution in [0.1, 0.15) is 53.7 Å². The van der Waals surface area contributed by atoms with Gasteiger partial charge in [-0.1, -0.05) is 50.2 Å². The van der Waals surface area contributed by atoms with E-state index in [2.05, 4.69) is 36.9 Å². The Hall–Kier alpha value is -2.66. The Bertz CT molecular complexity index is 977. The maximum Gasteiger partial charge on any atom is 0.248 e. The number of nitrogens with two attached hydrogens (primary N) is 2. The van der Waals surface area contributed by atoms with Crippen LogP contribution in [0.15, 0.2) is 48.5 Å². The fourth-order valence-electron chi connectivity index (χ4n) is 5.52. The molecule has 0 spiro atoms. The van der Waals surface area contributed by atoms with Crippen molar-refractivity contribution in [3.8, 4) is 0 Å². The van der Waals surface area contributed by atoms with E-state index < -0.39 is 5.41 Å². The lowest BCUT2D eigenvalue weighted by Crippen LogP contribution is -2.49. The van der Waals surface area contributed by atoms with Gasteiger partial charge in [-0.25, -0.2) is 0 Å². The van der Waals surface area contributed by atoms with E-state index in [9.17, 15) is 9.59 Å². The molecule has 2 aromatic rings. The first kappa shape index (κ1) is 21.6. The Morgan fingerprint density at radius 2 is 1.74 bits per heavy atom. The van der Waals surface area contributed by atoms with Crippen LogP contribution in [0.3, 0.4) is 0 Å². The first-order chi connectivity index (χ1) is 14.7. The van der Waals surface area contributed by atoms with Gasteiger partial charge in [0.2, 0.25) is 11.8 Å². The van der Waals surface area contributed by atoms with Crippen molar-refractivity contribution in [1.82, 2.24) is 4.90 Å². The third kappa shape index (κ3) is 3.99. The first-order valence-corrected chi connectivity index (χ1v) is 11.2.